The van der Waals surface area contributed by atoms with E-state index in [1.807, 2.05) is 30.3 Å². The summed E-state index contributed by atoms with van der Waals surface area (Å²) in [5, 5.41) is 33.9. The van der Waals surface area contributed by atoms with Crippen LogP contribution in [0.1, 0.15) is 23.0 Å². The van der Waals surface area contributed by atoms with Gasteiger partial charge in [-0.3, -0.25) is 13.7 Å². The highest BCUT2D eigenvalue weighted by molar-refractivity contribution is 6.35. The van der Waals surface area contributed by atoms with E-state index in [9.17, 15) is 20.1 Å². The van der Waals surface area contributed by atoms with Crippen LogP contribution < -0.4 is 11.4 Å². The molecule has 1 saturated heterocycles. The number of fused-ring (bicyclic) bond motifs is 1. The van der Waals surface area contributed by atoms with Gasteiger partial charge in [0, 0.05) is 16.5 Å². The molecule has 0 saturated carbocycles. The lowest BCUT2D eigenvalue weighted by Gasteiger charge is -2.16. The van der Waals surface area contributed by atoms with Crippen molar-refractivity contribution in [3.8, 4) is 5.88 Å². The Morgan fingerprint density at radius 3 is 2.54 bits per heavy atom. The van der Waals surface area contributed by atoms with Crippen molar-refractivity contribution in [2.24, 2.45) is 0 Å². The third kappa shape index (κ3) is 4.94. The Kier molecular flexibility index (Phi) is 7.18. The lowest BCUT2D eigenvalue weighted by molar-refractivity contribution is -0.0400. The lowest BCUT2D eigenvalue weighted by atomic mass is 10.1. The van der Waals surface area contributed by atoms with Gasteiger partial charge in [-0.25, -0.2) is 19.7 Å². The molecule has 41 heavy (non-hydrogen) atoms. The Morgan fingerprint density at radius 1 is 1.00 bits per heavy atom. The topological polar surface area (TPSA) is 166 Å². The summed E-state index contributed by atoms with van der Waals surface area (Å²) in [7, 11) is 0. The second-order valence-electron chi connectivity index (χ2n) is 9.78. The number of hydrogen-bond donors (Lipinski definition) is 4. The van der Waals surface area contributed by atoms with Crippen LogP contribution in [0.25, 0.3) is 11.2 Å². The number of nitrogens with two attached hydrogens (primary N) is 1. The number of imidazole rings is 2. The number of aliphatic hydroxyl groups is 2. The largest absolute Gasteiger partial charge is 0.493 e. The Labute approximate surface area is 242 Å². The number of rotatable bonds is 7. The van der Waals surface area contributed by atoms with Crippen molar-refractivity contribution in [1.29, 1.82) is 0 Å². The summed E-state index contributed by atoms with van der Waals surface area (Å²) in [6.07, 6.45) is -2.03. The van der Waals surface area contributed by atoms with Crippen LogP contribution in [0.5, 0.6) is 5.88 Å². The van der Waals surface area contributed by atoms with E-state index in [-0.39, 0.29) is 31.2 Å². The Balaban J connectivity index is 1.35. The van der Waals surface area contributed by atoms with E-state index in [1.54, 1.807) is 18.2 Å². The molecule has 3 aromatic heterocycles. The van der Waals surface area contributed by atoms with E-state index in [0.29, 0.717) is 32.5 Å². The molecule has 0 bridgehead atoms. The maximum Gasteiger partial charge on any atom is 0.331 e. The molecule has 1 fully saturated rings. The SMILES string of the molecule is Nc1ncnc2c1ncn2[C@@H]1O[C@H](Cn2c(O)c(Cc3ccccc3)n(Cc3ccc(Cl)cc3Cl)c2=O)[C@@H](O)[C@H]1O. The van der Waals surface area contributed by atoms with Gasteiger partial charge in [-0.15, -0.1) is 0 Å². The number of aromatic nitrogens is 6. The predicted octanol–water partition coefficient (Wildman–Crippen LogP) is 2.34. The Bertz CT molecular complexity index is 1790. The average Bonchev–Trinajstić information content (AvgIpc) is 3.57. The third-order valence-corrected chi connectivity index (χ3v) is 7.81. The van der Waals surface area contributed by atoms with E-state index < -0.39 is 30.2 Å². The average molecular weight is 598 g/mol. The van der Waals surface area contributed by atoms with Crippen LogP contribution in [-0.4, -0.2) is 62.3 Å². The summed E-state index contributed by atoms with van der Waals surface area (Å²) in [6, 6.07) is 14.3. The first-order valence-corrected chi connectivity index (χ1v) is 13.4. The maximum absolute atomic E-state index is 13.7. The number of halogens is 2. The first kappa shape index (κ1) is 27.2. The molecule has 1 aliphatic heterocycles. The van der Waals surface area contributed by atoms with Crippen molar-refractivity contribution >= 4 is 40.2 Å². The van der Waals surface area contributed by atoms with E-state index >= 15 is 0 Å². The minimum Gasteiger partial charge on any atom is -0.493 e. The normalized spacial score (nSPS) is 20.7. The number of aliphatic hydroxyl groups excluding tert-OH is 2. The van der Waals surface area contributed by atoms with E-state index in [1.165, 1.54) is 21.8 Å². The van der Waals surface area contributed by atoms with Crippen LogP contribution >= 0.6 is 23.2 Å². The third-order valence-electron chi connectivity index (χ3n) is 7.22. The molecule has 0 radical (unpaired) electrons. The van der Waals surface area contributed by atoms with Gasteiger partial charge in [0.25, 0.3) is 0 Å². The summed E-state index contributed by atoms with van der Waals surface area (Å²) in [5.74, 6) is -0.130. The molecule has 0 spiro atoms. The zero-order valence-corrected chi connectivity index (χ0v) is 22.9. The van der Waals surface area contributed by atoms with Gasteiger partial charge in [-0.2, -0.15) is 0 Å². The molecule has 5 N–H and O–H groups in total. The predicted molar refractivity (Wildman–Crippen MR) is 151 cm³/mol. The molecule has 4 heterocycles. The van der Waals surface area contributed by atoms with Crippen LogP contribution in [0.15, 0.2) is 66.0 Å². The van der Waals surface area contributed by atoms with Crippen LogP contribution in [0.4, 0.5) is 5.82 Å². The molecular formula is C27H25Cl2N7O5. The summed E-state index contributed by atoms with van der Waals surface area (Å²) in [4.78, 5) is 26.0. The Hall–Kier alpha value is -3.94. The Morgan fingerprint density at radius 2 is 1.78 bits per heavy atom. The van der Waals surface area contributed by atoms with Crippen molar-refractivity contribution in [3.63, 3.8) is 0 Å². The summed E-state index contributed by atoms with van der Waals surface area (Å²) >= 11 is 12.5. The van der Waals surface area contributed by atoms with Gasteiger partial charge in [0.1, 0.15) is 30.2 Å². The number of anilines is 1. The van der Waals surface area contributed by atoms with Crippen molar-refractivity contribution in [2.45, 2.75) is 44.1 Å². The number of nitrogens with zero attached hydrogens (tertiary/aromatic N) is 6. The molecule has 5 aromatic rings. The van der Waals surface area contributed by atoms with E-state index in [4.69, 9.17) is 33.7 Å². The number of hydrogen-bond acceptors (Lipinski definition) is 9. The molecule has 1 aliphatic rings. The molecule has 12 nitrogen and oxygen atoms in total. The van der Waals surface area contributed by atoms with Crippen LogP contribution in [0.2, 0.25) is 10.0 Å². The van der Waals surface area contributed by atoms with Gasteiger partial charge in [0.15, 0.2) is 17.7 Å². The number of benzene rings is 2. The maximum atomic E-state index is 13.7. The smallest absolute Gasteiger partial charge is 0.331 e. The number of aromatic hydroxyl groups is 1. The minimum absolute atomic E-state index is 0.0685. The quantitative estimate of drug-likeness (QED) is 0.220. The standard InChI is InChI=1S/C27H25Cl2N7O5/c28-16-7-6-15(17(29)9-16)10-34-18(8-14-4-2-1-3-5-14)25(39)35(27(34)40)11-19-21(37)22(38)26(41-19)36-13-33-20-23(30)31-12-32-24(20)36/h1-7,9,12-13,19,21-22,26,37-39H,8,10-11H2,(H2,30,31,32)/t19-,21-,22-,26-/m1/s1. The van der Waals surface area contributed by atoms with Crippen molar-refractivity contribution in [3.05, 3.63) is 98.5 Å². The second-order valence-corrected chi connectivity index (χ2v) is 10.6. The fourth-order valence-electron chi connectivity index (χ4n) is 5.09. The zero-order chi connectivity index (χ0) is 28.8. The summed E-state index contributed by atoms with van der Waals surface area (Å²) < 4.78 is 10.0. The molecule has 0 amide bonds. The highest BCUT2D eigenvalue weighted by Gasteiger charge is 2.45. The molecule has 6 rings (SSSR count). The molecular weight excluding hydrogens is 573 g/mol. The molecule has 2 aromatic carbocycles. The zero-order valence-electron chi connectivity index (χ0n) is 21.4. The molecule has 4 atom stereocenters. The monoisotopic (exact) mass is 597 g/mol. The van der Waals surface area contributed by atoms with Crippen molar-refractivity contribution in [2.75, 3.05) is 5.73 Å². The molecule has 14 heteroatoms. The highest BCUT2D eigenvalue weighted by atomic mass is 35.5. The van der Waals surface area contributed by atoms with E-state index in [2.05, 4.69) is 15.0 Å². The fraction of sp³-hybridized carbons (Fsp3) is 0.259. The second kappa shape index (κ2) is 10.8. The minimum atomic E-state index is -1.39. The first-order valence-electron chi connectivity index (χ1n) is 12.7. The number of ether oxygens (including phenoxy) is 1. The van der Waals surface area contributed by atoms with Gasteiger partial charge >= 0.3 is 5.69 Å². The van der Waals surface area contributed by atoms with Gasteiger partial charge in [-0.05, 0) is 23.3 Å². The van der Waals surface area contributed by atoms with Crippen molar-refractivity contribution in [1.82, 2.24) is 28.7 Å². The summed E-state index contributed by atoms with van der Waals surface area (Å²) in [6.45, 7) is -0.175. The number of nitrogen functional groups attached to an aromatic ring is 1. The van der Waals surface area contributed by atoms with Gasteiger partial charge in [-0.1, -0.05) is 59.6 Å². The fourth-order valence-corrected chi connectivity index (χ4v) is 5.55. The van der Waals surface area contributed by atoms with Gasteiger partial charge < -0.3 is 25.8 Å². The molecule has 0 aliphatic carbocycles. The highest BCUT2D eigenvalue weighted by Crippen LogP contribution is 2.34. The summed E-state index contributed by atoms with van der Waals surface area (Å²) in [5.41, 5.74) is 7.82. The lowest BCUT2D eigenvalue weighted by Crippen LogP contribution is -2.36. The van der Waals surface area contributed by atoms with Gasteiger partial charge in [0.2, 0.25) is 5.88 Å². The van der Waals surface area contributed by atoms with Crippen LogP contribution in [-0.2, 0) is 24.2 Å². The van der Waals surface area contributed by atoms with E-state index in [0.717, 1.165) is 10.1 Å². The first-order chi connectivity index (χ1) is 19.7. The molecule has 0 unspecified atom stereocenters. The van der Waals surface area contributed by atoms with Crippen LogP contribution in [0.3, 0.4) is 0 Å². The molecule has 212 valence electrons. The van der Waals surface area contributed by atoms with Crippen LogP contribution in [0, 0.1) is 0 Å². The van der Waals surface area contributed by atoms with Gasteiger partial charge in [0.05, 0.1) is 25.1 Å². The van der Waals surface area contributed by atoms with Crippen molar-refractivity contribution < 1.29 is 20.1 Å².